The Morgan fingerprint density at radius 2 is 1.65 bits per heavy atom. The first-order valence-electron chi connectivity index (χ1n) is 5.01. The van der Waals surface area contributed by atoms with E-state index in [1.165, 1.54) is 12.1 Å². The molecule has 0 spiro atoms. The number of hydrogen-bond acceptors (Lipinski definition) is 2. The number of benzene rings is 2. The van der Waals surface area contributed by atoms with Crippen molar-refractivity contribution < 1.29 is 9.13 Å². The van der Waals surface area contributed by atoms with E-state index in [9.17, 15) is 4.39 Å². The molecule has 0 heterocycles. The molecule has 0 saturated carbocycles. The first-order valence-corrected chi connectivity index (χ1v) is 5.01. The zero-order valence-electron chi connectivity index (χ0n) is 9.10. The Hall–Kier alpha value is -1.58. The van der Waals surface area contributed by atoms with Gasteiger partial charge in [-0.1, -0.05) is 18.2 Å². The highest BCUT2D eigenvalue weighted by Crippen LogP contribution is 2.24. The van der Waals surface area contributed by atoms with Crippen molar-refractivity contribution in [3.63, 3.8) is 0 Å². The second kappa shape index (κ2) is 6.23. The van der Waals surface area contributed by atoms with Gasteiger partial charge in [0.1, 0.15) is 17.3 Å². The summed E-state index contributed by atoms with van der Waals surface area (Å²) in [5.41, 5.74) is 6.51. The van der Waals surface area contributed by atoms with Crippen molar-refractivity contribution >= 4 is 12.4 Å². The van der Waals surface area contributed by atoms with E-state index in [1.54, 1.807) is 12.1 Å². The fourth-order valence-electron chi connectivity index (χ4n) is 1.40. The molecule has 4 heteroatoms. The first-order chi connectivity index (χ1) is 7.79. The third kappa shape index (κ3) is 3.44. The number of nitrogens with two attached hydrogens (primary N) is 1. The molecular weight excluding hydrogens is 241 g/mol. The van der Waals surface area contributed by atoms with E-state index in [4.69, 9.17) is 10.5 Å². The van der Waals surface area contributed by atoms with Crippen molar-refractivity contribution in [2.75, 3.05) is 0 Å². The van der Waals surface area contributed by atoms with Crippen LogP contribution in [-0.4, -0.2) is 0 Å². The molecule has 0 fully saturated rings. The average Bonchev–Trinajstić information content (AvgIpc) is 2.33. The van der Waals surface area contributed by atoms with Gasteiger partial charge in [0.05, 0.1) is 0 Å². The first kappa shape index (κ1) is 13.5. The predicted molar refractivity (Wildman–Crippen MR) is 68.1 cm³/mol. The summed E-state index contributed by atoms with van der Waals surface area (Å²) >= 11 is 0. The number of halogens is 2. The van der Waals surface area contributed by atoms with E-state index in [0.29, 0.717) is 18.0 Å². The summed E-state index contributed by atoms with van der Waals surface area (Å²) in [5, 5.41) is 0. The predicted octanol–water partition coefficient (Wildman–Crippen LogP) is 3.50. The Morgan fingerprint density at radius 3 is 2.29 bits per heavy atom. The van der Waals surface area contributed by atoms with Crippen molar-refractivity contribution in [1.82, 2.24) is 0 Å². The Labute approximate surface area is 106 Å². The third-order valence-corrected chi connectivity index (χ3v) is 2.23. The molecule has 0 aromatic heterocycles. The molecule has 0 atom stereocenters. The van der Waals surface area contributed by atoms with Gasteiger partial charge in [-0.25, -0.2) is 4.39 Å². The number of hydrogen-bond donors (Lipinski definition) is 1. The molecule has 2 aromatic rings. The second-order valence-electron chi connectivity index (χ2n) is 3.37. The van der Waals surface area contributed by atoms with Crippen molar-refractivity contribution in [3.05, 3.63) is 59.9 Å². The maximum absolute atomic E-state index is 12.7. The summed E-state index contributed by atoms with van der Waals surface area (Å²) in [4.78, 5) is 0. The van der Waals surface area contributed by atoms with Crippen molar-refractivity contribution in [3.8, 4) is 11.5 Å². The topological polar surface area (TPSA) is 35.2 Å². The smallest absolute Gasteiger partial charge is 0.131 e. The second-order valence-corrected chi connectivity index (χ2v) is 3.37. The van der Waals surface area contributed by atoms with Crippen LogP contribution in [0.2, 0.25) is 0 Å². The lowest BCUT2D eigenvalue weighted by Crippen LogP contribution is -1.98. The van der Waals surface area contributed by atoms with Gasteiger partial charge in [0, 0.05) is 12.1 Å². The van der Waals surface area contributed by atoms with E-state index in [1.807, 2.05) is 24.3 Å². The van der Waals surface area contributed by atoms with Crippen molar-refractivity contribution in [1.29, 1.82) is 0 Å². The molecule has 17 heavy (non-hydrogen) atoms. The normalized spacial score (nSPS) is 9.53. The minimum atomic E-state index is -0.278. The highest BCUT2D eigenvalue weighted by molar-refractivity contribution is 5.85. The number of ether oxygens (including phenoxy) is 1. The summed E-state index contributed by atoms with van der Waals surface area (Å²) < 4.78 is 18.3. The molecule has 0 aliphatic carbocycles. The lowest BCUT2D eigenvalue weighted by atomic mass is 10.2. The van der Waals surface area contributed by atoms with Crippen LogP contribution >= 0.6 is 12.4 Å². The van der Waals surface area contributed by atoms with Gasteiger partial charge in [0.25, 0.3) is 0 Å². The highest BCUT2D eigenvalue weighted by atomic mass is 35.5. The molecule has 0 bridgehead atoms. The Kier molecular flexibility index (Phi) is 4.94. The van der Waals surface area contributed by atoms with E-state index in [0.717, 1.165) is 5.56 Å². The summed E-state index contributed by atoms with van der Waals surface area (Å²) in [6.07, 6.45) is 0. The molecule has 2 nitrogen and oxygen atoms in total. The fourth-order valence-corrected chi connectivity index (χ4v) is 1.40. The van der Waals surface area contributed by atoms with Gasteiger partial charge in [-0.2, -0.15) is 0 Å². The minimum Gasteiger partial charge on any atom is -0.457 e. The van der Waals surface area contributed by atoms with Crippen LogP contribution in [0.3, 0.4) is 0 Å². The standard InChI is InChI=1S/C13H12FNO.ClH/c14-11-5-7-12(8-6-11)16-13-4-2-1-3-10(13)9-15;/h1-8H,9,15H2;1H. The van der Waals surface area contributed by atoms with Crippen molar-refractivity contribution in [2.24, 2.45) is 5.73 Å². The Balaban J connectivity index is 0.00000144. The van der Waals surface area contributed by atoms with E-state index in [2.05, 4.69) is 0 Å². The maximum atomic E-state index is 12.7. The number of para-hydroxylation sites is 1. The lowest BCUT2D eigenvalue weighted by Gasteiger charge is -2.09. The molecule has 2 aromatic carbocycles. The van der Waals surface area contributed by atoms with Crippen LogP contribution in [0.4, 0.5) is 4.39 Å². The van der Waals surface area contributed by atoms with Crippen LogP contribution in [0, 0.1) is 5.82 Å². The fraction of sp³-hybridized carbons (Fsp3) is 0.0769. The molecule has 2 N–H and O–H groups in total. The van der Waals surface area contributed by atoms with Crippen LogP contribution in [0.25, 0.3) is 0 Å². The zero-order chi connectivity index (χ0) is 11.4. The van der Waals surface area contributed by atoms with E-state index < -0.39 is 0 Å². The maximum Gasteiger partial charge on any atom is 0.131 e. The van der Waals surface area contributed by atoms with E-state index in [-0.39, 0.29) is 18.2 Å². The van der Waals surface area contributed by atoms with Gasteiger partial charge in [-0.3, -0.25) is 0 Å². The Bertz CT molecular complexity index is 473. The summed E-state index contributed by atoms with van der Waals surface area (Å²) in [7, 11) is 0. The van der Waals surface area contributed by atoms with Gasteiger partial charge in [0.2, 0.25) is 0 Å². The van der Waals surface area contributed by atoms with Crippen molar-refractivity contribution in [2.45, 2.75) is 6.54 Å². The molecule has 0 amide bonds. The molecular formula is C13H13ClFNO. The van der Waals surface area contributed by atoms with Gasteiger partial charge < -0.3 is 10.5 Å². The highest BCUT2D eigenvalue weighted by Gasteiger charge is 2.02. The summed E-state index contributed by atoms with van der Waals surface area (Å²) in [5.74, 6) is 1.03. The minimum absolute atomic E-state index is 0. The van der Waals surface area contributed by atoms with Crippen LogP contribution in [-0.2, 0) is 6.54 Å². The largest absolute Gasteiger partial charge is 0.457 e. The molecule has 0 unspecified atom stereocenters. The molecule has 0 saturated heterocycles. The molecule has 2 rings (SSSR count). The average molecular weight is 254 g/mol. The van der Waals surface area contributed by atoms with E-state index >= 15 is 0 Å². The molecule has 90 valence electrons. The van der Waals surface area contributed by atoms with Gasteiger partial charge >= 0.3 is 0 Å². The lowest BCUT2D eigenvalue weighted by molar-refractivity contribution is 0.474. The van der Waals surface area contributed by atoms with Crippen LogP contribution in [0.5, 0.6) is 11.5 Å². The zero-order valence-corrected chi connectivity index (χ0v) is 9.91. The van der Waals surface area contributed by atoms with Gasteiger partial charge in [0.15, 0.2) is 0 Å². The van der Waals surface area contributed by atoms with Crippen LogP contribution in [0.1, 0.15) is 5.56 Å². The molecule has 0 aliphatic heterocycles. The quantitative estimate of drug-likeness (QED) is 0.909. The van der Waals surface area contributed by atoms with Crippen LogP contribution < -0.4 is 10.5 Å². The summed E-state index contributed by atoms with van der Waals surface area (Å²) in [6, 6.07) is 13.4. The van der Waals surface area contributed by atoms with Gasteiger partial charge in [-0.15, -0.1) is 12.4 Å². The third-order valence-electron chi connectivity index (χ3n) is 2.23. The SMILES string of the molecule is Cl.NCc1ccccc1Oc1ccc(F)cc1. The van der Waals surface area contributed by atoms with Crippen LogP contribution in [0.15, 0.2) is 48.5 Å². The molecule has 0 aliphatic rings. The molecule has 0 radical (unpaired) electrons. The monoisotopic (exact) mass is 253 g/mol. The summed E-state index contributed by atoms with van der Waals surface area (Å²) in [6.45, 7) is 0.414. The van der Waals surface area contributed by atoms with Gasteiger partial charge in [-0.05, 0) is 30.3 Å². The Morgan fingerprint density at radius 1 is 1.00 bits per heavy atom. The number of rotatable bonds is 3.